The molecule has 3 N–H and O–H groups in total. The SMILES string of the molecule is C[Si](C)(C)CCOCn1ccc(Nc2cncc(CN3C[C@H]4C[C@@H]3CN4C(=O)c3cccc(Cl)c3Cl)n2)n1.O=C(c1cccc(Cl)c1Cl)N1C[C@H]2C[C@@H]1CN2Cc1cncc(Nc2ccn[nH]2)n1. The van der Waals surface area contributed by atoms with Gasteiger partial charge in [0.25, 0.3) is 11.8 Å². The molecule has 0 radical (unpaired) electrons. The molecule has 0 unspecified atom stereocenters. The third-order valence-corrected chi connectivity index (χ3v) is 15.9. The van der Waals surface area contributed by atoms with Crippen molar-refractivity contribution in [2.45, 2.75) is 82.5 Å². The van der Waals surface area contributed by atoms with Gasteiger partial charge >= 0.3 is 0 Å². The fourth-order valence-corrected chi connectivity index (χ4v) is 10.7. The van der Waals surface area contributed by atoms with Crippen molar-refractivity contribution in [3.8, 4) is 0 Å². The monoisotopic (exact) mass is 1020 g/mol. The summed E-state index contributed by atoms with van der Waals surface area (Å²) >= 11 is 24.8. The summed E-state index contributed by atoms with van der Waals surface area (Å²) in [6, 6.07) is 16.1. The number of nitrogens with one attached hydrogen (secondary N) is 3. The standard InChI is InChI=1S/C26H33Cl2N7O2Si.C20H19Cl2N7O/c1-38(2,3)10-9-37-17-34-8-7-23(32-34)31-24-13-29-12-18(30-24)14-33-15-20-11-19(33)16-35(20)26(36)21-5-4-6-22(27)25(21)28;21-16-3-1-2-15(19(16)22)20(30)29-11-13-6-14(29)10-28(13)9-12-7-23-8-18(25-12)26-17-4-5-24-27-17/h4-8,12-13,19-20H,9-11,14-17H2,1-3H3,(H,30,31,32);1-5,7-8,13-14H,6,9-11H2,(H2,24,25,26,27)/t19-,20-;13-,14-/m11/s1. The molecule has 4 aliphatic rings. The van der Waals surface area contributed by atoms with Gasteiger partial charge in [-0.3, -0.25) is 34.5 Å². The Morgan fingerprint density at radius 2 is 1.26 bits per heavy atom. The van der Waals surface area contributed by atoms with E-state index in [1.165, 1.54) is 0 Å². The first-order valence-corrected chi connectivity index (χ1v) is 27.7. The van der Waals surface area contributed by atoms with E-state index in [2.05, 4.69) is 70.3 Å². The number of likely N-dealkylation sites (tertiary alicyclic amines) is 4. The van der Waals surface area contributed by atoms with Gasteiger partial charge in [-0.05, 0) is 43.2 Å². The van der Waals surface area contributed by atoms with Gasteiger partial charge in [0, 0.05) is 109 Å². The smallest absolute Gasteiger partial charge is 0.255 e. The van der Waals surface area contributed by atoms with Crippen LogP contribution >= 0.6 is 46.4 Å². The molecule has 0 spiro atoms. The number of aromatic amines is 1. The maximum atomic E-state index is 13.1. The Bertz CT molecular complexity index is 2740. The van der Waals surface area contributed by atoms with Crippen LogP contribution in [0, 0.1) is 0 Å². The number of hydrogen-bond acceptors (Lipinski definition) is 13. The lowest BCUT2D eigenvalue weighted by Gasteiger charge is -2.34. The number of H-pyrrole nitrogens is 1. The van der Waals surface area contributed by atoms with Crippen LogP contribution in [-0.4, -0.2) is 136 Å². The molecule has 6 aromatic rings. The first-order chi connectivity index (χ1) is 32.7. The number of nitrogens with zero attached hydrogens (tertiary/aromatic N) is 11. The number of rotatable bonds is 15. The predicted molar refractivity (Wildman–Crippen MR) is 266 cm³/mol. The minimum absolute atomic E-state index is 0.0554. The molecule has 4 aliphatic heterocycles. The molecule has 8 heterocycles. The molecule has 10 rings (SSSR count). The Hall–Kier alpha value is -5.18. The normalized spacial score (nSPS) is 19.9. The van der Waals surface area contributed by atoms with E-state index >= 15 is 0 Å². The second kappa shape index (κ2) is 20.8. The van der Waals surface area contributed by atoms with Gasteiger partial charge in [0.1, 0.15) is 24.2 Å². The molecule has 4 atom stereocenters. The van der Waals surface area contributed by atoms with Gasteiger partial charge in [0.15, 0.2) is 5.82 Å². The van der Waals surface area contributed by atoms with E-state index in [1.54, 1.807) is 72.1 Å². The minimum atomic E-state index is -1.10. The molecule has 4 aromatic heterocycles. The first kappa shape index (κ1) is 47.9. The fourth-order valence-electron chi connectivity index (χ4n) is 9.16. The van der Waals surface area contributed by atoms with Gasteiger partial charge in [-0.25, -0.2) is 14.6 Å². The second-order valence-corrected chi connectivity index (χ2v) is 25.9. The number of carbonyl (C=O) groups is 2. The molecule has 4 fully saturated rings. The van der Waals surface area contributed by atoms with Crippen molar-refractivity contribution in [2.24, 2.45) is 0 Å². The van der Waals surface area contributed by atoms with Crippen molar-refractivity contribution in [3.05, 3.63) is 128 Å². The van der Waals surface area contributed by atoms with Gasteiger partial charge in [-0.15, -0.1) is 0 Å². The Morgan fingerprint density at radius 3 is 1.76 bits per heavy atom. The zero-order valence-corrected chi connectivity index (χ0v) is 41.9. The third kappa shape index (κ3) is 11.3. The lowest BCUT2D eigenvalue weighted by Crippen LogP contribution is -2.48. The number of fused-ring (bicyclic) bond motifs is 4. The summed E-state index contributed by atoms with van der Waals surface area (Å²) in [5.74, 6) is 2.64. The van der Waals surface area contributed by atoms with Crippen LogP contribution in [0.2, 0.25) is 45.8 Å². The Morgan fingerprint density at radius 1 is 0.706 bits per heavy atom. The molecule has 2 aromatic carbocycles. The topological polar surface area (TPSA) is 178 Å². The molecule has 0 aliphatic carbocycles. The summed E-state index contributed by atoms with van der Waals surface area (Å²) in [4.78, 5) is 52.8. The quantitative estimate of drug-likeness (QED) is 0.0660. The highest BCUT2D eigenvalue weighted by Crippen LogP contribution is 2.37. The van der Waals surface area contributed by atoms with Crippen LogP contribution in [0.15, 0.2) is 85.7 Å². The predicted octanol–water partition coefficient (Wildman–Crippen LogP) is 8.48. The second-order valence-electron chi connectivity index (χ2n) is 18.7. The molecule has 2 amide bonds. The number of hydrogen-bond donors (Lipinski definition) is 3. The largest absolute Gasteiger partial charge is 0.360 e. The zero-order chi connectivity index (χ0) is 47.5. The molecule has 356 valence electrons. The molecule has 0 saturated carbocycles. The van der Waals surface area contributed by atoms with Gasteiger partial charge in [-0.2, -0.15) is 10.2 Å². The summed E-state index contributed by atoms with van der Waals surface area (Å²) in [5, 5.41) is 19.1. The van der Waals surface area contributed by atoms with Gasteiger partial charge in [0.2, 0.25) is 0 Å². The van der Waals surface area contributed by atoms with Crippen LogP contribution in [0.5, 0.6) is 0 Å². The fraction of sp³-hybridized carbons (Fsp3) is 0.391. The number of benzene rings is 2. The van der Waals surface area contributed by atoms with Crippen LogP contribution in [0.3, 0.4) is 0 Å². The van der Waals surface area contributed by atoms with Crippen LogP contribution in [0.4, 0.5) is 23.3 Å². The number of piperazine rings is 2. The lowest BCUT2D eigenvalue weighted by atomic mass is 10.1. The highest BCUT2D eigenvalue weighted by Gasteiger charge is 2.47. The van der Waals surface area contributed by atoms with Crippen LogP contribution < -0.4 is 10.6 Å². The zero-order valence-electron chi connectivity index (χ0n) is 37.8. The summed E-state index contributed by atoms with van der Waals surface area (Å²) in [6.07, 6.45) is 12.4. The number of halogens is 4. The lowest BCUT2D eigenvalue weighted by molar-refractivity contribution is 0.0608. The van der Waals surface area contributed by atoms with Crippen molar-refractivity contribution < 1.29 is 14.3 Å². The maximum absolute atomic E-state index is 13.1. The highest BCUT2D eigenvalue weighted by molar-refractivity contribution is 6.76. The highest BCUT2D eigenvalue weighted by atomic mass is 35.5. The van der Waals surface area contributed by atoms with E-state index in [0.717, 1.165) is 55.8 Å². The van der Waals surface area contributed by atoms with Crippen molar-refractivity contribution in [1.82, 2.24) is 59.5 Å². The van der Waals surface area contributed by atoms with E-state index in [9.17, 15) is 9.59 Å². The van der Waals surface area contributed by atoms with E-state index in [1.807, 2.05) is 28.1 Å². The first-order valence-electron chi connectivity index (χ1n) is 22.5. The molecule has 22 heteroatoms. The van der Waals surface area contributed by atoms with E-state index in [-0.39, 0.29) is 29.9 Å². The Kier molecular flexibility index (Phi) is 14.6. The van der Waals surface area contributed by atoms with Crippen LogP contribution in [0.25, 0.3) is 0 Å². The third-order valence-electron chi connectivity index (χ3n) is 12.6. The molecular formula is C46H52Cl4N14O3Si. The summed E-state index contributed by atoms with van der Waals surface area (Å²) in [7, 11) is -1.10. The van der Waals surface area contributed by atoms with Crippen molar-refractivity contribution in [2.75, 3.05) is 43.4 Å². The molecule has 4 saturated heterocycles. The van der Waals surface area contributed by atoms with Crippen LogP contribution in [0.1, 0.15) is 44.9 Å². The molecular weight excluding hydrogens is 966 g/mol. The van der Waals surface area contributed by atoms with Crippen molar-refractivity contribution in [1.29, 1.82) is 0 Å². The number of aromatic nitrogens is 8. The average Bonchev–Trinajstić information content (AvgIpc) is 4.20. The van der Waals surface area contributed by atoms with Gasteiger partial charge in [0.05, 0.1) is 61.2 Å². The van der Waals surface area contributed by atoms with Gasteiger partial charge in [-0.1, -0.05) is 78.2 Å². The molecule has 17 nitrogen and oxygen atoms in total. The number of carbonyl (C=O) groups excluding carboxylic acids is 2. The van der Waals surface area contributed by atoms with Gasteiger partial charge < -0.3 is 25.2 Å². The summed E-state index contributed by atoms with van der Waals surface area (Å²) in [6.45, 7) is 12.5. The Labute approximate surface area is 415 Å². The van der Waals surface area contributed by atoms with E-state index in [4.69, 9.17) is 56.1 Å². The van der Waals surface area contributed by atoms with E-state index < -0.39 is 8.07 Å². The minimum Gasteiger partial charge on any atom is -0.360 e. The van der Waals surface area contributed by atoms with Crippen LogP contribution in [-0.2, 0) is 24.6 Å². The maximum Gasteiger partial charge on any atom is 0.255 e. The number of amides is 2. The van der Waals surface area contributed by atoms with Crippen molar-refractivity contribution in [3.63, 3.8) is 0 Å². The average molecular weight is 1020 g/mol. The number of anilines is 4. The number of ether oxygens (including phenoxy) is 1. The summed E-state index contributed by atoms with van der Waals surface area (Å²) in [5.41, 5.74) is 2.67. The Balaban J connectivity index is 0.000000174. The van der Waals surface area contributed by atoms with Crippen molar-refractivity contribution >= 4 is 89.6 Å². The van der Waals surface area contributed by atoms with E-state index in [0.29, 0.717) is 87.6 Å². The molecule has 68 heavy (non-hydrogen) atoms. The molecule has 4 bridgehead atoms. The summed E-state index contributed by atoms with van der Waals surface area (Å²) < 4.78 is 7.54.